The summed E-state index contributed by atoms with van der Waals surface area (Å²) in [6, 6.07) is 35.8. The lowest BCUT2D eigenvalue weighted by atomic mass is 10.1. The topological polar surface area (TPSA) is 15.6 Å². The Hall–Kier alpha value is -3.65. The first-order valence-corrected chi connectivity index (χ1v) is 9.82. The Balaban J connectivity index is 1.66. The van der Waals surface area contributed by atoms with E-state index in [0.29, 0.717) is 0 Å². The minimum absolute atomic E-state index is 0.936. The SMILES string of the molecule is Cc1ccc(N(c2ccc(C)cc2)c2ccc(N=Cc3ccccc3)cc2)cc1. The molecule has 0 aliphatic heterocycles. The van der Waals surface area contributed by atoms with E-state index < -0.39 is 0 Å². The smallest absolute Gasteiger partial charge is 0.0631 e. The van der Waals surface area contributed by atoms with Gasteiger partial charge < -0.3 is 4.90 Å². The summed E-state index contributed by atoms with van der Waals surface area (Å²) in [5, 5.41) is 0. The van der Waals surface area contributed by atoms with Crippen molar-refractivity contribution in [3.8, 4) is 0 Å². The number of hydrogen-bond acceptors (Lipinski definition) is 2. The number of anilines is 3. The van der Waals surface area contributed by atoms with Crippen molar-refractivity contribution in [1.29, 1.82) is 0 Å². The second-order valence-electron chi connectivity index (χ2n) is 7.19. The minimum atomic E-state index is 0.936. The standard InChI is InChI=1S/C27H24N2/c1-21-8-14-25(15-9-21)29(26-16-10-22(2)11-17-26)27-18-12-24(13-19-27)28-20-23-6-4-3-5-7-23/h3-20H,1-2H3. The molecule has 29 heavy (non-hydrogen) atoms. The van der Waals surface area contributed by atoms with Crippen molar-refractivity contribution in [3.63, 3.8) is 0 Å². The lowest BCUT2D eigenvalue weighted by Gasteiger charge is -2.25. The number of nitrogens with zero attached hydrogens (tertiary/aromatic N) is 2. The molecule has 0 aliphatic rings. The van der Waals surface area contributed by atoms with E-state index in [2.05, 4.69) is 96.5 Å². The lowest BCUT2D eigenvalue weighted by Crippen LogP contribution is -2.09. The molecule has 0 radical (unpaired) electrons. The van der Waals surface area contributed by atoms with Crippen molar-refractivity contribution in [2.24, 2.45) is 4.99 Å². The van der Waals surface area contributed by atoms with Gasteiger partial charge in [-0.3, -0.25) is 4.99 Å². The third kappa shape index (κ3) is 4.61. The largest absolute Gasteiger partial charge is 0.311 e. The van der Waals surface area contributed by atoms with E-state index in [1.807, 2.05) is 36.5 Å². The Morgan fingerprint density at radius 1 is 0.552 bits per heavy atom. The number of hydrogen-bond donors (Lipinski definition) is 0. The molecule has 2 nitrogen and oxygen atoms in total. The summed E-state index contributed by atoms with van der Waals surface area (Å²) >= 11 is 0. The molecule has 0 aromatic heterocycles. The zero-order chi connectivity index (χ0) is 20.1. The quantitative estimate of drug-likeness (QED) is 0.329. The van der Waals surface area contributed by atoms with Gasteiger partial charge in [0.05, 0.1) is 5.69 Å². The van der Waals surface area contributed by atoms with Crippen LogP contribution in [0, 0.1) is 13.8 Å². The maximum Gasteiger partial charge on any atom is 0.0631 e. The van der Waals surface area contributed by atoms with Crippen LogP contribution in [0.1, 0.15) is 16.7 Å². The van der Waals surface area contributed by atoms with E-state index in [4.69, 9.17) is 0 Å². The van der Waals surface area contributed by atoms with Crippen molar-refractivity contribution in [3.05, 3.63) is 120 Å². The first kappa shape index (κ1) is 18.7. The number of aryl methyl sites for hydroxylation is 2. The van der Waals surface area contributed by atoms with Gasteiger partial charge >= 0.3 is 0 Å². The van der Waals surface area contributed by atoms with Crippen LogP contribution in [0.25, 0.3) is 0 Å². The molecule has 0 fully saturated rings. The van der Waals surface area contributed by atoms with Crippen molar-refractivity contribution < 1.29 is 0 Å². The summed E-state index contributed by atoms with van der Waals surface area (Å²) < 4.78 is 0. The maximum absolute atomic E-state index is 4.60. The van der Waals surface area contributed by atoms with Gasteiger partial charge in [-0.2, -0.15) is 0 Å². The van der Waals surface area contributed by atoms with Gasteiger partial charge in [0, 0.05) is 23.3 Å². The molecular weight excluding hydrogens is 352 g/mol. The first-order valence-electron chi connectivity index (χ1n) is 9.82. The Bertz CT molecular complexity index is 1030. The first-order chi connectivity index (χ1) is 14.2. The molecule has 0 heterocycles. The molecule has 0 saturated carbocycles. The van der Waals surface area contributed by atoms with Crippen LogP contribution < -0.4 is 4.90 Å². The third-order valence-electron chi connectivity index (χ3n) is 4.85. The van der Waals surface area contributed by atoms with Crippen molar-refractivity contribution in [1.82, 2.24) is 0 Å². The van der Waals surface area contributed by atoms with Crippen LogP contribution in [0.15, 0.2) is 108 Å². The molecule has 0 aliphatic carbocycles. The fourth-order valence-corrected chi connectivity index (χ4v) is 3.21. The average Bonchev–Trinajstić information content (AvgIpc) is 2.77. The second kappa shape index (κ2) is 8.57. The summed E-state index contributed by atoms with van der Waals surface area (Å²) in [7, 11) is 0. The van der Waals surface area contributed by atoms with E-state index in [-0.39, 0.29) is 0 Å². The Labute approximate surface area is 172 Å². The van der Waals surface area contributed by atoms with Gasteiger partial charge in [0.25, 0.3) is 0 Å². The molecule has 0 N–H and O–H groups in total. The van der Waals surface area contributed by atoms with Gasteiger partial charge in [0.2, 0.25) is 0 Å². The summed E-state index contributed by atoms with van der Waals surface area (Å²) in [5.41, 5.74) is 7.92. The number of benzene rings is 4. The van der Waals surface area contributed by atoms with Gasteiger partial charge in [-0.15, -0.1) is 0 Å². The zero-order valence-electron chi connectivity index (χ0n) is 16.8. The van der Waals surface area contributed by atoms with E-state index in [1.165, 1.54) is 11.1 Å². The molecule has 0 spiro atoms. The minimum Gasteiger partial charge on any atom is -0.311 e. The van der Waals surface area contributed by atoms with E-state index in [1.54, 1.807) is 0 Å². The highest BCUT2D eigenvalue weighted by atomic mass is 15.1. The second-order valence-corrected chi connectivity index (χ2v) is 7.19. The molecule has 2 heteroatoms. The summed E-state index contributed by atoms with van der Waals surface area (Å²) in [6.45, 7) is 4.22. The van der Waals surface area contributed by atoms with Gasteiger partial charge in [-0.1, -0.05) is 65.7 Å². The molecule has 0 amide bonds. The summed E-state index contributed by atoms with van der Waals surface area (Å²) in [6.07, 6.45) is 1.90. The molecule has 0 atom stereocenters. The van der Waals surface area contributed by atoms with Crippen LogP contribution in [-0.4, -0.2) is 6.21 Å². The Kier molecular flexibility index (Phi) is 5.53. The van der Waals surface area contributed by atoms with Crippen LogP contribution in [0.4, 0.5) is 22.7 Å². The molecule has 4 aromatic rings. The van der Waals surface area contributed by atoms with Gasteiger partial charge in [0.15, 0.2) is 0 Å². The van der Waals surface area contributed by atoms with Crippen molar-refractivity contribution >= 4 is 29.0 Å². The number of aliphatic imine (C=N–C) groups is 1. The summed E-state index contributed by atoms with van der Waals surface area (Å²) in [5.74, 6) is 0. The van der Waals surface area contributed by atoms with Crippen molar-refractivity contribution in [2.75, 3.05) is 4.90 Å². The van der Waals surface area contributed by atoms with Crippen LogP contribution >= 0.6 is 0 Å². The normalized spacial score (nSPS) is 11.0. The fraction of sp³-hybridized carbons (Fsp3) is 0.0741. The summed E-state index contributed by atoms with van der Waals surface area (Å²) in [4.78, 5) is 6.87. The predicted molar refractivity (Wildman–Crippen MR) is 124 cm³/mol. The average molecular weight is 377 g/mol. The Morgan fingerprint density at radius 3 is 1.48 bits per heavy atom. The van der Waals surface area contributed by atoms with Crippen LogP contribution in [0.2, 0.25) is 0 Å². The molecule has 142 valence electrons. The predicted octanol–water partition coefficient (Wildman–Crippen LogP) is 7.52. The fourth-order valence-electron chi connectivity index (χ4n) is 3.21. The van der Waals surface area contributed by atoms with Crippen LogP contribution in [0.3, 0.4) is 0 Å². The van der Waals surface area contributed by atoms with E-state index in [0.717, 1.165) is 28.3 Å². The van der Waals surface area contributed by atoms with Gasteiger partial charge in [-0.05, 0) is 67.9 Å². The van der Waals surface area contributed by atoms with Gasteiger partial charge in [0.1, 0.15) is 0 Å². The van der Waals surface area contributed by atoms with E-state index >= 15 is 0 Å². The monoisotopic (exact) mass is 376 g/mol. The molecule has 0 saturated heterocycles. The number of rotatable bonds is 5. The van der Waals surface area contributed by atoms with Crippen LogP contribution in [-0.2, 0) is 0 Å². The lowest BCUT2D eigenvalue weighted by molar-refractivity contribution is 1.27. The van der Waals surface area contributed by atoms with Crippen LogP contribution in [0.5, 0.6) is 0 Å². The highest BCUT2D eigenvalue weighted by Crippen LogP contribution is 2.35. The Morgan fingerprint density at radius 2 is 1.00 bits per heavy atom. The molecule has 4 aromatic carbocycles. The molecule has 4 rings (SSSR count). The molecule has 0 unspecified atom stereocenters. The maximum atomic E-state index is 4.60. The molecular formula is C27H24N2. The third-order valence-corrected chi connectivity index (χ3v) is 4.85. The van der Waals surface area contributed by atoms with E-state index in [9.17, 15) is 0 Å². The molecule has 0 bridgehead atoms. The van der Waals surface area contributed by atoms with Crippen molar-refractivity contribution in [2.45, 2.75) is 13.8 Å². The highest BCUT2D eigenvalue weighted by Gasteiger charge is 2.12. The van der Waals surface area contributed by atoms with Gasteiger partial charge in [-0.25, -0.2) is 0 Å². The zero-order valence-corrected chi connectivity index (χ0v) is 16.8. The highest BCUT2D eigenvalue weighted by molar-refractivity contribution is 5.82.